The summed E-state index contributed by atoms with van der Waals surface area (Å²) in [5.41, 5.74) is 0. The minimum absolute atomic E-state index is 0.247. The topological polar surface area (TPSA) is 307 Å². The molecule has 0 aromatic rings. The highest BCUT2D eigenvalue weighted by Crippen LogP contribution is 2.34. The molecule has 3 rings (SSSR count). The number of hydrogen-bond donors (Lipinski definition) is 12. The van der Waals surface area contributed by atoms with Crippen molar-refractivity contribution in [2.75, 3.05) is 26.4 Å². The van der Waals surface area contributed by atoms with Crippen LogP contribution in [-0.2, 0) is 33.2 Å². The average molecular weight is 1620 g/mol. The first-order chi connectivity index (χ1) is 55.8. The third-order valence-electron chi connectivity index (χ3n) is 23.6. The zero-order valence-electron chi connectivity index (χ0n) is 72.3. The summed E-state index contributed by atoms with van der Waals surface area (Å²) in [5, 5.41) is 121. The van der Waals surface area contributed by atoms with Crippen molar-refractivity contribution < 1.29 is 89.4 Å². The van der Waals surface area contributed by atoms with Crippen LogP contribution in [0, 0.1) is 0 Å². The molecular formula is C95H175NO18. The number of hydrogen-bond acceptors (Lipinski definition) is 18. The fraction of sp³-hybridized carbons (Fsp3) is 0.884. The van der Waals surface area contributed by atoms with Gasteiger partial charge in [-0.3, -0.25) is 4.79 Å². The Hall–Kier alpha value is -2.51. The number of rotatable bonds is 78. The van der Waals surface area contributed by atoms with E-state index in [4.69, 9.17) is 28.4 Å². The molecule has 17 atom stereocenters. The van der Waals surface area contributed by atoms with Crippen LogP contribution in [0.2, 0.25) is 0 Å². The highest BCUT2D eigenvalue weighted by molar-refractivity contribution is 5.76. The second kappa shape index (κ2) is 74.3. The Balaban J connectivity index is 1.29. The lowest BCUT2D eigenvalue weighted by atomic mass is 9.96. The number of carbonyl (C=O) groups excluding carboxylic acids is 1. The number of amides is 1. The van der Waals surface area contributed by atoms with E-state index in [1.54, 1.807) is 6.08 Å². The van der Waals surface area contributed by atoms with Gasteiger partial charge in [0.05, 0.1) is 38.6 Å². The Labute approximate surface area is 694 Å². The minimum Gasteiger partial charge on any atom is -0.394 e. The zero-order valence-corrected chi connectivity index (χ0v) is 72.3. The maximum atomic E-state index is 13.5. The smallest absolute Gasteiger partial charge is 0.220 e. The number of aliphatic hydroxyl groups excluding tert-OH is 11. The van der Waals surface area contributed by atoms with Crippen molar-refractivity contribution in [3.8, 4) is 0 Å². The summed E-state index contributed by atoms with van der Waals surface area (Å²) in [6.45, 7) is 1.69. The molecule has 19 nitrogen and oxygen atoms in total. The van der Waals surface area contributed by atoms with Crippen molar-refractivity contribution in [1.29, 1.82) is 0 Å². The quantitative estimate of drug-likeness (QED) is 0.0199. The highest BCUT2D eigenvalue weighted by Gasteiger charge is 2.54. The van der Waals surface area contributed by atoms with Gasteiger partial charge in [-0.2, -0.15) is 0 Å². The van der Waals surface area contributed by atoms with Crippen LogP contribution < -0.4 is 5.32 Å². The van der Waals surface area contributed by atoms with Gasteiger partial charge >= 0.3 is 0 Å². The van der Waals surface area contributed by atoms with E-state index >= 15 is 0 Å². The Kier molecular flexibility index (Phi) is 68.9. The molecule has 3 aliphatic heterocycles. The molecule has 19 heteroatoms. The maximum absolute atomic E-state index is 13.5. The van der Waals surface area contributed by atoms with Crippen molar-refractivity contribution in [3.63, 3.8) is 0 Å². The maximum Gasteiger partial charge on any atom is 0.220 e. The van der Waals surface area contributed by atoms with Crippen LogP contribution in [0.1, 0.15) is 406 Å². The summed E-state index contributed by atoms with van der Waals surface area (Å²) >= 11 is 0. The molecular weight excluding hydrogens is 1440 g/mol. The molecule has 668 valence electrons. The molecule has 0 bridgehead atoms. The van der Waals surface area contributed by atoms with Crippen molar-refractivity contribution in [1.82, 2.24) is 5.32 Å². The van der Waals surface area contributed by atoms with E-state index in [9.17, 15) is 61.0 Å². The molecule has 0 saturated carbocycles. The van der Waals surface area contributed by atoms with Crippen LogP contribution in [0.15, 0.2) is 60.8 Å². The summed E-state index contributed by atoms with van der Waals surface area (Å²) in [5.74, 6) is -0.267. The van der Waals surface area contributed by atoms with Gasteiger partial charge in [-0.25, -0.2) is 0 Å². The lowest BCUT2D eigenvalue weighted by Gasteiger charge is -2.48. The van der Waals surface area contributed by atoms with Crippen LogP contribution in [-0.4, -0.2) is 193 Å². The van der Waals surface area contributed by atoms with Gasteiger partial charge < -0.3 is 89.9 Å². The van der Waals surface area contributed by atoms with Crippen LogP contribution in [0.25, 0.3) is 0 Å². The third kappa shape index (κ3) is 52.0. The summed E-state index contributed by atoms with van der Waals surface area (Å²) in [7, 11) is 0. The van der Waals surface area contributed by atoms with E-state index in [0.717, 1.165) is 70.6 Å². The predicted octanol–water partition coefficient (Wildman–Crippen LogP) is 18.9. The Morgan fingerprint density at radius 2 is 0.605 bits per heavy atom. The van der Waals surface area contributed by atoms with Gasteiger partial charge in [-0.1, -0.05) is 402 Å². The van der Waals surface area contributed by atoms with Gasteiger partial charge in [0.15, 0.2) is 18.9 Å². The van der Waals surface area contributed by atoms with Gasteiger partial charge in [0, 0.05) is 6.42 Å². The summed E-state index contributed by atoms with van der Waals surface area (Å²) in [6.07, 6.45) is 72.5. The standard InChI is InChI=1S/C95H175NO18/c1-3-5-7-9-11-13-15-17-19-21-23-25-27-29-31-33-35-36-37-38-39-40-41-42-43-45-47-49-51-53-55-57-59-61-63-65-67-69-71-73-83(101)96-78(79(100)72-70-68-66-64-62-60-58-56-54-52-50-48-46-44-34-32-30-28-26-24-22-20-18-16-14-12-10-8-6-4-2)77-109-93-89(107)86(104)91(81(75-98)111-93)114-95-90(108)87(105)92(82(76-99)112-95)113-94-88(106)85(103)84(102)80(74-97)110-94/h5,7,11,13,17,19,23,25,70,72,78-82,84-95,97-100,102-108H,3-4,6,8-10,12,14-16,18,20-22,24,26-69,71,73-77H2,1-2H3,(H,96,101)/b7-5-,13-11-,19-17-,25-23-,72-70+. The van der Waals surface area contributed by atoms with Gasteiger partial charge in [0.25, 0.3) is 0 Å². The molecule has 0 aliphatic carbocycles. The molecule has 3 fully saturated rings. The SMILES string of the molecule is CC/C=C\C/C=C\C/C=C\C/C=C\CCCCCCCCCCCCCCCCCCCCCCCCCCCCC(=O)NC(COC1OC(CO)C(OC2OC(CO)C(OC3OC(CO)C(O)C(O)C3O)C(O)C2O)C(O)C1O)C(O)/C=C/CCCCCCCCCCCCCCCCCCCCCCCCCCCCCC. The van der Waals surface area contributed by atoms with Crippen molar-refractivity contribution in [2.45, 2.75) is 510 Å². The molecule has 0 aromatic carbocycles. The zero-order chi connectivity index (χ0) is 82.4. The predicted molar refractivity (Wildman–Crippen MR) is 462 cm³/mol. The van der Waals surface area contributed by atoms with Crippen LogP contribution >= 0.6 is 0 Å². The number of carbonyl (C=O) groups is 1. The summed E-state index contributed by atoms with van der Waals surface area (Å²) in [4.78, 5) is 13.5. The van der Waals surface area contributed by atoms with E-state index in [1.807, 2.05) is 6.08 Å². The lowest BCUT2D eigenvalue weighted by Crippen LogP contribution is -2.66. The molecule has 0 aromatic heterocycles. The van der Waals surface area contributed by atoms with E-state index in [0.29, 0.717) is 6.42 Å². The van der Waals surface area contributed by atoms with Gasteiger partial charge in [0.2, 0.25) is 5.91 Å². The van der Waals surface area contributed by atoms with Crippen LogP contribution in [0.3, 0.4) is 0 Å². The first-order valence-electron chi connectivity index (χ1n) is 47.5. The second-order valence-corrected chi connectivity index (χ2v) is 33.8. The molecule has 0 spiro atoms. The van der Waals surface area contributed by atoms with E-state index in [1.165, 1.54) is 308 Å². The molecule has 3 heterocycles. The summed E-state index contributed by atoms with van der Waals surface area (Å²) in [6, 6.07) is -0.975. The molecule has 12 N–H and O–H groups in total. The largest absolute Gasteiger partial charge is 0.394 e. The molecule has 0 radical (unpaired) electrons. The summed E-state index contributed by atoms with van der Waals surface area (Å²) < 4.78 is 34.6. The number of allylic oxidation sites excluding steroid dienone is 9. The van der Waals surface area contributed by atoms with Crippen LogP contribution in [0.4, 0.5) is 0 Å². The van der Waals surface area contributed by atoms with Crippen molar-refractivity contribution in [2.24, 2.45) is 0 Å². The lowest BCUT2D eigenvalue weighted by molar-refractivity contribution is -0.379. The Morgan fingerprint density at radius 3 is 0.947 bits per heavy atom. The third-order valence-corrected chi connectivity index (χ3v) is 23.6. The average Bonchev–Trinajstić information content (AvgIpc) is 0.783. The number of ether oxygens (including phenoxy) is 6. The van der Waals surface area contributed by atoms with Gasteiger partial charge in [-0.15, -0.1) is 0 Å². The number of nitrogens with one attached hydrogen (secondary N) is 1. The normalized spacial score (nSPS) is 24.9. The van der Waals surface area contributed by atoms with Gasteiger partial charge in [0.1, 0.15) is 73.2 Å². The van der Waals surface area contributed by atoms with E-state index < -0.39 is 124 Å². The minimum atomic E-state index is -1.98. The molecule has 114 heavy (non-hydrogen) atoms. The molecule has 3 saturated heterocycles. The highest BCUT2D eigenvalue weighted by atomic mass is 16.8. The number of unbranched alkanes of at least 4 members (excludes halogenated alkanes) is 54. The fourth-order valence-electron chi connectivity index (χ4n) is 16.1. The van der Waals surface area contributed by atoms with E-state index in [-0.39, 0.29) is 18.9 Å². The first kappa shape index (κ1) is 106. The second-order valence-electron chi connectivity index (χ2n) is 33.8. The van der Waals surface area contributed by atoms with E-state index in [2.05, 4.69) is 67.8 Å². The first-order valence-corrected chi connectivity index (χ1v) is 47.5. The monoisotopic (exact) mass is 1620 g/mol. The van der Waals surface area contributed by atoms with Crippen molar-refractivity contribution in [3.05, 3.63) is 60.8 Å². The van der Waals surface area contributed by atoms with Gasteiger partial charge in [-0.05, 0) is 57.8 Å². The fourth-order valence-corrected chi connectivity index (χ4v) is 16.1. The molecule has 1 amide bonds. The number of aliphatic hydroxyl groups is 11. The van der Waals surface area contributed by atoms with Crippen molar-refractivity contribution >= 4 is 5.91 Å². The Morgan fingerprint density at radius 1 is 0.325 bits per heavy atom. The molecule has 17 unspecified atom stereocenters. The molecule has 3 aliphatic rings. The van der Waals surface area contributed by atoms with Crippen LogP contribution in [0.5, 0.6) is 0 Å². The Bertz CT molecular complexity index is 2290.